The van der Waals surface area contributed by atoms with Crippen LogP contribution in [0.25, 0.3) is 0 Å². The third kappa shape index (κ3) is 6.39. The molecule has 1 fully saturated rings. The molecule has 29 heavy (non-hydrogen) atoms. The van der Waals surface area contributed by atoms with Crippen molar-refractivity contribution in [2.24, 2.45) is 0 Å². The van der Waals surface area contributed by atoms with Gasteiger partial charge in [0.25, 0.3) is 5.69 Å². The Labute approximate surface area is 168 Å². The molecule has 8 heteroatoms. The molecule has 2 aromatic rings. The van der Waals surface area contributed by atoms with E-state index in [9.17, 15) is 19.7 Å². The molecule has 0 aliphatic carbocycles. The van der Waals surface area contributed by atoms with E-state index in [1.54, 1.807) is 12.1 Å². The monoisotopic (exact) mass is 400 g/mol. The number of benzene rings is 2. The Hall–Kier alpha value is -3.26. The highest BCUT2D eigenvalue weighted by atomic mass is 16.6. The number of carbonyl (C=O) groups is 2. The van der Waals surface area contributed by atoms with E-state index < -0.39 is 11.9 Å². The molecule has 0 amide bonds. The summed E-state index contributed by atoms with van der Waals surface area (Å²) >= 11 is 0. The molecule has 154 valence electrons. The molecule has 0 saturated carbocycles. The van der Waals surface area contributed by atoms with Gasteiger partial charge >= 0.3 is 11.9 Å². The second-order valence-electron chi connectivity index (χ2n) is 6.85. The number of piperidine rings is 1. The molecule has 3 rings (SSSR count). The Morgan fingerprint density at radius 2 is 1.48 bits per heavy atom. The molecular formula is C21H24N2O6. The summed E-state index contributed by atoms with van der Waals surface area (Å²) in [4.78, 5) is 33.8. The van der Waals surface area contributed by atoms with Gasteiger partial charge in [0.05, 0.1) is 16.1 Å². The van der Waals surface area contributed by atoms with Gasteiger partial charge in [0, 0.05) is 18.7 Å². The number of nitro benzene ring substituents is 1. The van der Waals surface area contributed by atoms with Crippen LogP contribution in [0.1, 0.15) is 51.1 Å². The molecule has 0 atom stereocenters. The minimum Gasteiger partial charge on any atom is -0.478 e. The van der Waals surface area contributed by atoms with Gasteiger partial charge in [-0.1, -0.05) is 24.6 Å². The number of nitro groups is 1. The van der Waals surface area contributed by atoms with Gasteiger partial charge in [-0.25, -0.2) is 9.59 Å². The van der Waals surface area contributed by atoms with Gasteiger partial charge < -0.3 is 10.2 Å². The predicted octanol–water partition coefficient (Wildman–Crippen LogP) is 3.97. The van der Waals surface area contributed by atoms with Crippen molar-refractivity contribution >= 4 is 17.6 Å². The first kappa shape index (κ1) is 22.0. The van der Waals surface area contributed by atoms with Crippen LogP contribution in [0.15, 0.2) is 42.5 Å². The molecule has 0 aromatic heterocycles. The molecule has 8 nitrogen and oxygen atoms in total. The van der Waals surface area contributed by atoms with Crippen LogP contribution in [0.3, 0.4) is 0 Å². The summed E-state index contributed by atoms with van der Waals surface area (Å²) < 4.78 is 0. The highest BCUT2D eigenvalue weighted by molar-refractivity contribution is 5.96. The fraction of sp³-hybridized carbons (Fsp3) is 0.333. The number of carboxylic acid groups (broad SMARTS) is 2. The average Bonchev–Trinajstić information content (AvgIpc) is 2.69. The zero-order valence-corrected chi connectivity index (χ0v) is 16.2. The molecule has 0 unspecified atom stereocenters. The number of nitrogens with zero attached hydrogens (tertiary/aromatic N) is 2. The largest absolute Gasteiger partial charge is 0.478 e. The molecule has 1 aliphatic heterocycles. The average molecular weight is 400 g/mol. The maximum absolute atomic E-state index is 10.6. The van der Waals surface area contributed by atoms with E-state index in [2.05, 4.69) is 4.90 Å². The van der Waals surface area contributed by atoms with E-state index in [0.29, 0.717) is 0 Å². The van der Waals surface area contributed by atoms with Crippen molar-refractivity contribution in [3.63, 3.8) is 0 Å². The first-order valence-electron chi connectivity index (χ1n) is 9.31. The topological polar surface area (TPSA) is 121 Å². The first-order valence-corrected chi connectivity index (χ1v) is 9.31. The zero-order valence-electron chi connectivity index (χ0n) is 16.2. The van der Waals surface area contributed by atoms with Crippen molar-refractivity contribution in [2.45, 2.75) is 32.7 Å². The van der Waals surface area contributed by atoms with Crippen LogP contribution >= 0.6 is 0 Å². The van der Waals surface area contributed by atoms with Gasteiger partial charge in [-0.2, -0.15) is 0 Å². The second-order valence-corrected chi connectivity index (χ2v) is 6.85. The normalized spacial score (nSPS) is 13.8. The van der Waals surface area contributed by atoms with Gasteiger partial charge in [0.1, 0.15) is 0 Å². The van der Waals surface area contributed by atoms with E-state index in [4.69, 9.17) is 10.2 Å². The molecule has 1 aliphatic rings. The maximum Gasteiger partial charge on any atom is 0.335 e. The van der Waals surface area contributed by atoms with Crippen LogP contribution in [0.5, 0.6) is 0 Å². The number of carboxylic acids is 2. The minimum atomic E-state index is -1.11. The molecule has 0 spiro atoms. The Balaban J connectivity index is 0.000000212. The van der Waals surface area contributed by atoms with Crippen molar-refractivity contribution in [1.82, 2.24) is 4.90 Å². The fourth-order valence-corrected chi connectivity index (χ4v) is 3.20. The van der Waals surface area contributed by atoms with Crippen molar-refractivity contribution in [3.8, 4) is 0 Å². The van der Waals surface area contributed by atoms with Gasteiger partial charge in [0.2, 0.25) is 0 Å². The molecule has 0 radical (unpaired) electrons. The standard InChI is InChI=1S/C12H16N2O2.C9H8O4/c15-14(16)12-6-4-11(5-7-12)10-13-8-2-1-3-9-13;1-5-6(8(10)11)3-2-4-7(5)9(12)13/h4-7H,1-3,8-10H2;2-4H,1H3,(H,10,11)(H,12,13). The van der Waals surface area contributed by atoms with Crippen LogP contribution in [-0.4, -0.2) is 45.1 Å². The number of non-ortho nitro benzene ring substituents is 1. The fourth-order valence-electron chi connectivity index (χ4n) is 3.20. The third-order valence-electron chi connectivity index (χ3n) is 4.80. The van der Waals surface area contributed by atoms with Crippen molar-refractivity contribution in [1.29, 1.82) is 0 Å². The van der Waals surface area contributed by atoms with E-state index >= 15 is 0 Å². The minimum absolute atomic E-state index is 0.0277. The Morgan fingerprint density at radius 1 is 0.966 bits per heavy atom. The lowest BCUT2D eigenvalue weighted by atomic mass is 10.0. The molecular weight excluding hydrogens is 376 g/mol. The van der Waals surface area contributed by atoms with E-state index in [-0.39, 0.29) is 27.3 Å². The van der Waals surface area contributed by atoms with Gasteiger partial charge in [-0.3, -0.25) is 15.0 Å². The summed E-state index contributed by atoms with van der Waals surface area (Å²) in [5.41, 5.74) is 1.66. The molecule has 1 saturated heterocycles. The third-order valence-corrected chi connectivity index (χ3v) is 4.80. The number of hydrogen-bond donors (Lipinski definition) is 2. The summed E-state index contributed by atoms with van der Waals surface area (Å²) in [6, 6.07) is 11.0. The van der Waals surface area contributed by atoms with Crippen LogP contribution in [0, 0.1) is 17.0 Å². The Bertz CT molecular complexity index is 841. The van der Waals surface area contributed by atoms with Gasteiger partial charge in [-0.15, -0.1) is 0 Å². The van der Waals surface area contributed by atoms with Gasteiger partial charge in [0.15, 0.2) is 0 Å². The van der Waals surface area contributed by atoms with Crippen molar-refractivity contribution in [2.75, 3.05) is 13.1 Å². The van der Waals surface area contributed by atoms with Gasteiger partial charge in [-0.05, 0) is 56.1 Å². The van der Waals surface area contributed by atoms with Crippen molar-refractivity contribution in [3.05, 3.63) is 74.8 Å². The summed E-state index contributed by atoms with van der Waals surface area (Å²) in [5, 5.41) is 27.9. The summed E-state index contributed by atoms with van der Waals surface area (Å²) in [6.07, 6.45) is 3.87. The van der Waals surface area contributed by atoms with Crippen LogP contribution in [0.4, 0.5) is 5.69 Å². The summed E-state index contributed by atoms with van der Waals surface area (Å²) in [7, 11) is 0. The summed E-state index contributed by atoms with van der Waals surface area (Å²) in [5.74, 6) is -2.22. The lowest BCUT2D eigenvalue weighted by molar-refractivity contribution is -0.384. The van der Waals surface area contributed by atoms with Crippen LogP contribution in [0.2, 0.25) is 0 Å². The Morgan fingerprint density at radius 3 is 1.93 bits per heavy atom. The number of hydrogen-bond acceptors (Lipinski definition) is 5. The SMILES string of the molecule is Cc1c(C(=O)O)cccc1C(=O)O.O=[N+]([O-])c1ccc(CN2CCCCC2)cc1. The smallest absolute Gasteiger partial charge is 0.335 e. The van der Waals surface area contributed by atoms with Crippen LogP contribution in [-0.2, 0) is 6.54 Å². The predicted molar refractivity (Wildman–Crippen MR) is 107 cm³/mol. The lowest BCUT2D eigenvalue weighted by Gasteiger charge is -2.26. The second kappa shape index (κ2) is 10.3. The number of likely N-dealkylation sites (tertiary alicyclic amines) is 1. The molecule has 2 aromatic carbocycles. The van der Waals surface area contributed by atoms with Crippen LogP contribution < -0.4 is 0 Å². The first-order chi connectivity index (χ1) is 13.8. The summed E-state index contributed by atoms with van der Waals surface area (Å²) in [6.45, 7) is 4.69. The Kier molecular flexibility index (Phi) is 7.85. The highest BCUT2D eigenvalue weighted by Crippen LogP contribution is 2.16. The highest BCUT2D eigenvalue weighted by Gasteiger charge is 2.14. The van der Waals surface area contributed by atoms with E-state index in [1.807, 2.05) is 12.1 Å². The lowest BCUT2D eigenvalue weighted by Crippen LogP contribution is -2.28. The zero-order chi connectivity index (χ0) is 21.4. The van der Waals surface area contributed by atoms with E-state index in [0.717, 1.165) is 25.2 Å². The maximum atomic E-state index is 10.6. The number of rotatable bonds is 5. The quantitative estimate of drug-likeness (QED) is 0.575. The molecule has 1 heterocycles. The molecule has 2 N–H and O–H groups in total. The molecule has 0 bridgehead atoms. The number of aromatic carboxylic acids is 2. The van der Waals surface area contributed by atoms with E-state index in [1.165, 1.54) is 44.4 Å². The van der Waals surface area contributed by atoms with Crippen molar-refractivity contribution < 1.29 is 24.7 Å².